The first-order chi connectivity index (χ1) is 10.9. The second kappa shape index (κ2) is 7.47. The first-order valence-corrected chi connectivity index (χ1v) is 7.67. The highest BCUT2D eigenvalue weighted by atomic mass is 35.5. The van der Waals surface area contributed by atoms with E-state index in [1.807, 2.05) is 13.0 Å². The molecule has 0 aliphatic heterocycles. The zero-order chi connectivity index (χ0) is 17.0. The zero-order valence-corrected chi connectivity index (χ0v) is 14.0. The first-order valence-electron chi connectivity index (χ1n) is 7.30. The molecule has 0 N–H and O–H groups in total. The highest BCUT2D eigenvalue weighted by Gasteiger charge is 2.13. The van der Waals surface area contributed by atoms with Gasteiger partial charge in [-0.25, -0.2) is 4.39 Å². The second-order valence-corrected chi connectivity index (χ2v) is 5.61. The molecule has 122 valence electrons. The van der Waals surface area contributed by atoms with Crippen LogP contribution in [0.3, 0.4) is 0 Å². The molecule has 0 aromatic heterocycles. The third-order valence-corrected chi connectivity index (χ3v) is 3.76. The summed E-state index contributed by atoms with van der Waals surface area (Å²) >= 11 is 6.08. The largest absolute Gasteiger partial charge is 0.487 e. The number of ether oxygens (including phenoxy) is 2. The predicted octanol–water partition coefficient (Wildman–Crippen LogP) is 4.99. The van der Waals surface area contributed by atoms with Crippen LogP contribution in [-0.4, -0.2) is 5.97 Å². The van der Waals surface area contributed by atoms with Crippen molar-refractivity contribution in [3.8, 4) is 11.5 Å². The highest BCUT2D eigenvalue weighted by molar-refractivity contribution is 6.32. The molecule has 0 fully saturated rings. The van der Waals surface area contributed by atoms with Gasteiger partial charge >= 0.3 is 5.97 Å². The number of aryl methyl sites for hydroxylation is 2. The minimum absolute atomic E-state index is 0.126. The molecule has 5 heteroatoms. The summed E-state index contributed by atoms with van der Waals surface area (Å²) in [5.41, 5.74) is 2.09. The third-order valence-electron chi connectivity index (χ3n) is 3.46. The quantitative estimate of drug-likeness (QED) is 0.570. The molecule has 0 radical (unpaired) electrons. The highest BCUT2D eigenvalue weighted by Crippen LogP contribution is 2.30. The molecule has 0 bridgehead atoms. The van der Waals surface area contributed by atoms with Crippen LogP contribution in [0, 0.1) is 19.7 Å². The Morgan fingerprint density at radius 1 is 1.17 bits per heavy atom. The molecule has 23 heavy (non-hydrogen) atoms. The standard InChI is InChI=1S/C18H18ClFO3/c1-4-18(21)23-16-7-5-6-11(2)13(16)10-22-17-9-15(20)12(3)8-14(17)19/h5-9H,4,10H2,1-3H3. The van der Waals surface area contributed by atoms with E-state index in [1.54, 1.807) is 26.0 Å². The van der Waals surface area contributed by atoms with Crippen molar-refractivity contribution in [3.63, 3.8) is 0 Å². The number of rotatable bonds is 5. The molecule has 0 amide bonds. The molecule has 2 rings (SSSR count). The molecular formula is C18H18ClFO3. The molecule has 0 aliphatic carbocycles. The van der Waals surface area contributed by atoms with Crippen LogP contribution in [-0.2, 0) is 11.4 Å². The van der Waals surface area contributed by atoms with Crippen molar-refractivity contribution in [2.45, 2.75) is 33.8 Å². The molecule has 0 saturated carbocycles. The third kappa shape index (κ3) is 4.23. The number of halogens is 2. The Bertz CT molecular complexity index is 728. The van der Waals surface area contributed by atoms with E-state index in [9.17, 15) is 9.18 Å². The fourth-order valence-electron chi connectivity index (χ4n) is 2.04. The molecule has 0 heterocycles. The average molecular weight is 337 g/mol. The van der Waals surface area contributed by atoms with Gasteiger partial charge < -0.3 is 9.47 Å². The van der Waals surface area contributed by atoms with Gasteiger partial charge in [-0.05, 0) is 37.1 Å². The lowest BCUT2D eigenvalue weighted by molar-refractivity contribution is -0.134. The molecule has 2 aromatic carbocycles. The Morgan fingerprint density at radius 2 is 1.91 bits per heavy atom. The van der Waals surface area contributed by atoms with E-state index in [4.69, 9.17) is 21.1 Å². The van der Waals surface area contributed by atoms with Crippen LogP contribution >= 0.6 is 11.6 Å². The molecule has 0 atom stereocenters. The van der Waals surface area contributed by atoms with Crippen molar-refractivity contribution in [1.29, 1.82) is 0 Å². The summed E-state index contributed by atoms with van der Waals surface area (Å²) in [6.45, 7) is 5.37. The van der Waals surface area contributed by atoms with Crippen LogP contribution in [0.4, 0.5) is 4.39 Å². The summed E-state index contributed by atoms with van der Waals surface area (Å²) < 4.78 is 24.6. The van der Waals surface area contributed by atoms with Gasteiger partial charge in [-0.15, -0.1) is 0 Å². The van der Waals surface area contributed by atoms with Gasteiger partial charge in [0.05, 0.1) is 5.02 Å². The number of benzene rings is 2. The van der Waals surface area contributed by atoms with Crippen molar-refractivity contribution in [2.75, 3.05) is 0 Å². The van der Waals surface area contributed by atoms with Gasteiger partial charge in [0.1, 0.15) is 23.9 Å². The lowest BCUT2D eigenvalue weighted by Gasteiger charge is -2.14. The molecule has 3 nitrogen and oxygen atoms in total. The van der Waals surface area contributed by atoms with Crippen LogP contribution in [0.2, 0.25) is 5.02 Å². The van der Waals surface area contributed by atoms with E-state index in [0.717, 1.165) is 11.1 Å². The van der Waals surface area contributed by atoms with Crippen molar-refractivity contribution in [3.05, 3.63) is 57.9 Å². The van der Waals surface area contributed by atoms with Gasteiger partial charge in [-0.1, -0.05) is 30.7 Å². The summed E-state index contributed by atoms with van der Waals surface area (Å²) in [4.78, 5) is 11.5. The lowest BCUT2D eigenvalue weighted by Crippen LogP contribution is -2.09. The van der Waals surface area contributed by atoms with E-state index >= 15 is 0 Å². The lowest BCUT2D eigenvalue weighted by atomic mass is 10.1. The Morgan fingerprint density at radius 3 is 2.61 bits per heavy atom. The number of carbonyl (C=O) groups excluding carboxylic acids is 1. The van der Waals surface area contributed by atoms with Crippen LogP contribution in [0.1, 0.15) is 30.0 Å². The predicted molar refractivity (Wildman–Crippen MR) is 87.6 cm³/mol. The molecule has 0 spiro atoms. The maximum atomic E-state index is 13.7. The summed E-state index contributed by atoms with van der Waals surface area (Å²) in [7, 11) is 0. The minimum atomic E-state index is -0.383. The van der Waals surface area contributed by atoms with E-state index in [1.165, 1.54) is 12.1 Å². The number of carbonyl (C=O) groups is 1. The molecule has 0 unspecified atom stereocenters. The molecule has 0 saturated heterocycles. The fraction of sp³-hybridized carbons (Fsp3) is 0.278. The molecule has 2 aromatic rings. The van der Waals surface area contributed by atoms with E-state index in [2.05, 4.69) is 0 Å². The summed E-state index contributed by atoms with van der Waals surface area (Å²) in [5, 5.41) is 0.338. The van der Waals surface area contributed by atoms with Gasteiger partial charge in [0.25, 0.3) is 0 Å². The van der Waals surface area contributed by atoms with Crippen LogP contribution in [0.15, 0.2) is 30.3 Å². The summed E-state index contributed by atoms with van der Waals surface area (Å²) in [6.07, 6.45) is 0.281. The van der Waals surface area contributed by atoms with Crippen LogP contribution in [0.25, 0.3) is 0 Å². The number of hydrogen-bond acceptors (Lipinski definition) is 3. The normalized spacial score (nSPS) is 10.5. The second-order valence-electron chi connectivity index (χ2n) is 5.20. The van der Waals surface area contributed by atoms with Crippen LogP contribution < -0.4 is 9.47 Å². The van der Waals surface area contributed by atoms with Gasteiger partial charge in [0, 0.05) is 18.1 Å². The maximum Gasteiger partial charge on any atom is 0.310 e. The zero-order valence-electron chi connectivity index (χ0n) is 13.3. The van der Waals surface area contributed by atoms with Gasteiger partial charge in [-0.3, -0.25) is 4.79 Å². The van der Waals surface area contributed by atoms with Crippen molar-refractivity contribution in [2.24, 2.45) is 0 Å². The summed E-state index contributed by atoms with van der Waals surface area (Å²) in [6, 6.07) is 8.17. The average Bonchev–Trinajstić information content (AvgIpc) is 2.51. The first kappa shape index (κ1) is 17.3. The Balaban J connectivity index is 2.23. The van der Waals surface area contributed by atoms with Crippen molar-refractivity contribution >= 4 is 17.6 Å². The monoisotopic (exact) mass is 336 g/mol. The fourth-order valence-corrected chi connectivity index (χ4v) is 2.31. The molecular weight excluding hydrogens is 319 g/mol. The van der Waals surface area contributed by atoms with E-state index < -0.39 is 0 Å². The van der Waals surface area contributed by atoms with E-state index in [0.29, 0.717) is 16.3 Å². The van der Waals surface area contributed by atoms with Gasteiger partial charge in [-0.2, -0.15) is 0 Å². The van der Waals surface area contributed by atoms with Crippen molar-refractivity contribution in [1.82, 2.24) is 0 Å². The SMILES string of the molecule is CCC(=O)Oc1cccc(C)c1COc1cc(F)c(C)cc1Cl. The van der Waals surface area contributed by atoms with Gasteiger partial charge in [0.2, 0.25) is 0 Å². The topological polar surface area (TPSA) is 35.5 Å². The molecule has 0 aliphatic rings. The Labute approximate surface area is 140 Å². The van der Waals surface area contributed by atoms with Gasteiger partial charge in [0.15, 0.2) is 0 Å². The number of hydrogen-bond donors (Lipinski definition) is 0. The van der Waals surface area contributed by atoms with Crippen LogP contribution in [0.5, 0.6) is 11.5 Å². The minimum Gasteiger partial charge on any atom is -0.487 e. The van der Waals surface area contributed by atoms with E-state index in [-0.39, 0.29) is 30.6 Å². The number of esters is 1. The maximum absolute atomic E-state index is 13.7. The smallest absolute Gasteiger partial charge is 0.310 e. The Kier molecular flexibility index (Phi) is 5.61. The van der Waals surface area contributed by atoms with Crippen molar-refractivity contribution < 1.29 is 18.7 Å². The summed E-state index contributed by atoms with van der Waals surface area (Å²) in [5.74, 6) is -0.00516. The Hall–Kier alpha value is -2.07.